The molecule has 0 aromatic heterocycles. The summed E-state index contributed by atoms with van der Waals surface area (Å²) in [6, 6.07) is 0. The summed E-state index contributed by atoms with van der Waals surface area (Å²) in [5.41, 5.74) is 0.311. The first-order valence-electron chi connectivity index (χ1n) is 6.33. The fraction of sp³-hybridized carbons (Fsp3) is 1.00. The molecule has 2 nitrogen and oxygen atoms in total. The average molecular weight is 243 g/mol. The van der Waals surface area contributed by atoms with E-state index in [9.17, 15) is 0 Å². The number of hydrogen-bond donors (Lipinski definition) is 0. The lowest BCUT2D eigenvalue weighted by atomic mass is 9.43. The van der Waals surface area contributed by atoms with E-state index < -0.39 is 0 Å². The van der Waals surface area contributed by atoms with Gasteiger partial charge in [-0.2, -0.15) is 0 Å². The Bertz CT molecular complexity index is 320. The number of rotatable bonds is 1. The molecule has 0 aromatic rings. The highest BCUT2D eigenvalue weighted by Crippen LogP contribution is 2.65. The van der Waals surface area contributed by atoms with Gasteiger partial charge in [-0.05, 0) is 37.0 Å². The van der Waals surface area contributed by atoms with Crippen LogP contribution in [0.25, 0.3) is 0 Å². The van der Waals surface area contributed by atoms with Crippen molar-refractivity contribution < 1.29 is 9.31 Å². The van der Waals surface area contributed by atoms with Crippen molar-refractivity contribution in [2.24, 2.45) is 17.3 Å². The molecule has 0 aromatic carbocycles. The third-order valence-electron chi connectivity index (χ3n) is 5.34. The molecule has 0 spiro atoms. The highest BCUT2D eigenvalue weighted by molar-refractivity contribution is 6.59. The standard InChI is InChI=1S/C12H20BClO2/c1-7(14)13-15-10-6-8-5-9(11(8,2)3)12(10,4)16-13/h7-10H,5-6H2,1-4H3/t7-,8?,9?,10-,12+/m0/s1. The summed E-state index contributed by atoms with van der Waals surface area (Å²) in [6.45, 7) is 8.91. The monoisotopic (exact) mass is 242 g/mol. The van der Waals surface area contributed by atoms with Crippen molar-refractivity contribution in [3.63, 3.8) is 0 Å². The van der Waals surface area contributed by atoms with Gasteiger partial charge in [0.1, 0.15) is 0 Å². The zero-order valence-corrected chi connectivity index (χ0v) is 11.3. The molecular weight excluding hydrogens is 222 g/mol. The minimum atomic E-state index is -0.216. The van der Waals surface area contributed by atoms with Gasteiger partial charge in [-0.15, -0.1) is 11.6 Å². The largest absolute Gasteiger partial charge is 0.476 e. The highest BCUT2D eigenvalue weighted by Gasteiger charge is 2.68. The quantitative estimate of drug-likeness (QED) is 0.520. The molecule has 5 atom stereocenters. The first kappa shape index (κ1) is 11.4. The van der Waals surface area contributed by atoms with Crippen LogP contribution in [-0.4, -0.2) is 24.1 Å². The summed E-state index contributed by atoms with van der Waals surface area (Å²) in [7, 11) is -0.216. The summed E-state index contributed by atoms with van der Waals surface area (Å²) in [6.07, 6.45) is 2.70. The second-order valence-corrected chi connectivity index (χ2v) is 7.20. The highest BCUT2D eigenvalue weighted by atomic mass is 35.5. The summed E-state index contributed by atoms with van der Waals surface area (Å²) in [5, 5.41) is -0.0669. The van der Waals surface area contributed by atoms with Crippen LogP contribution >= 0.6 is 11.6 Å². The Morgan fingerprint density at radius 2 is 2.00 bits per heavy atom. The SMILES string of the molecule is C[C@H](Cl)B1O[C@H]2CC3CC(C3(C)C)[C@@]2(C)O1. The summed E-state index contributed by atoms with van der Waals surface area (Å²) in [4.78, 5) is 0. The Labute approximate surface area is 103 Å². The Kier molecular flexibility index (Phi) is 2.26. The number of hydrogen-bond acceptors (Lipinski definition) is 2. The van der Waals surface area contributed by atoms with Gasteiger partial charge in [0.05, 0.1) is 17.0 Å². The molecule has 0 amide bonds. The van der Waals surface area contributed by atoms with Crippen LogP contribution in [0.3, 0.4) is 0 Å². The van der Waals surface area contributed by atoms with Crippen molar-refractivity contribution in [3.8, 4) is 0 Å². The van der Waals surface area contributed by atoms with Crippen molar-refractivity contribution >= 4 is 18.7 Å². The normalized spacial score (nSPS) is 50.8. The molecule has 4 heteroatoms. The molecule has 0 N–H and O–H groups in total. The Morgan fingerprint density at radius 1 is 1.31 bits per heavy atom. The summed E-state index contributed by atoms with van der Waals surface area (Å²) < 4.78 is 12.1. The summed E-state index contributed by atoms with van der Waals surface area (Å²) in [5.74, 6) is 1.44. The maximum atomic E-state index is 6.15. The second-order valence-electron chi connectivity index (χ2n) is 6.51. The zero-order chi connectivity index (χ0) is 11.7. The van der Waals surface area contributed by atoms with E-state index >= 15 is 0 Å². The molecule has 3 saturated carbocycles. The van der Waals surface area contributed by atoms with Gasteiger partial charge in [-0.3, -0.25) is 0 Å². The lowest BCUT2D eigenvalue weighted by Gasteiger charge is -2.64. The molecular formula is C12H20BClO2. The Hall–Kier alpha value is 0.275. The van der Waals surface area contributed by atoms with Gasteiger partial charge in [0.25, 0.3) is 0 Å². The lowest BCUT2D eigenvalue weighted by molar-refractivity contribution is -0.199. The van der Waals surface area contributed by atoms with Gasteiger partial charge in [0.2, 0.25) is 0 Å². The maximum absolute atomic E-state index is 6.15. The minimum absolute atomic E-state index is 0.0669. The first-order chi connectivity index (χ1) is 7.35. The van der Waals surface area contributed by atoms with Crippen LogP contribution < -0.4 is 0 Å². The van der Waals surface area contributed by atoms with Crippen LogP contribution in [0.2, 0.25) is 0 Å². The fourth-order valence-corrected chi connectivity index (χ4v) is 4.21. The van der Waals surface area contributed by atoms with Crippen LogP contribution in [0.1, 0.15) is 40.5 Å². The van der Waals surface area contributed by atoms with Crippen molar-refractivity contribution in [2.45, 2.75) is 57.5 Å². The van der Waals surface area contributed by atoms with Crippen LogP contribution in [0.4, 0.5) is 0 Å². The maximum Gasteiger partial charge on any atom is 0.476 e. The van der Waals surface area contributed by atoms with Crippen molar-refractivity contribution in [3.05, 3.63) is 0 Å². The van der Waals surface area contributed by atoms with Gasteiger partial charge < -0.3 is 9.31 Å². The van der Waals surface area contributed by atoms with E-state index in [4.69, 9.17) is 20.9 Å². The Morgan fingerprint density at radius 3 is 2.56 bits per heavy atom. The molecule has 1 aliphatic heterocycles. The first-order valence-corrected chi connectivity index (χ1v) is 6.76. The van der Waals surface area contributed by atoms with Crippen LogP contribution in [0, 0.1) is 17.3 Å². The van der Waals surface area contributed by atoms with Gasteiger partial charge in [-0.1, -0.05) is 20.8 Å². The molecule has 0 radical (unpaired) electrons. The van der Waals surface area contributed by atoms with E-state index in [-0.39, 0.29) is 24.1 Å². The van der Waals surface area contributed by atoms with Crippen molar-refractivity contribution in [1.29, 1.82) is 0 Å². The van der Waals surface area contributed by atoms with E-state index in [1.807, 2.05) is 6.92 Å². The lowest BCUT2D eigenvalue weighted by Crippen LogP contribution is -2.65. The molecule has 2 unspecified atom stereocenters. The predicted molar refractivity (Wildman–Crippen MR) is 65.4 cm³/mol. The van der Waals surface area contributed by atoms with E-state index in [1.54, 1.807) is 0 Å². The van der Waals surface area contributed by atoms with Gasteiger partial charge >= 0.3 is 7.12 Å². The smallest absolute Gasteiger partial charge is 0.404 e. The average Bonchev–Trinajstić information content (AvgIpc) is 2.54. The minimum Gasteiger partial charge on any atom is -0.404 e. The van der Waals surface area contributed by atoms with E-state index in [0.29, 0.717) is 11.3 Å². The molecule has 90 valence electrons. The Balaban J connectivity index is 1.87. The fourth-order valence-electron chi connectivity index (χ4n) is 4.10. The topological polar surface area (TPSA) is 18.5 Å². The molecule has 4 aliphatic rings. The molecule has 1 saturated heterocycles. The number of alkyl halides is 1. The second kappa shape index (κ2) is 3.18. The van der Waals surface area contributed by atoms with Crippen LogP contribution in [-0.2, 0) is 9.31 Å². The third kappa shape index (κ3) is 1.23. The van der Waals surface area contributed by atoms with E-state index in [0.717, 1.165) is 12.3 Å². The van der Waals surface area contributed by atoms with Crippen LogP contribution in [0.5, 0.6) is 0 Å². The molecule has 1 heterocycles. The molecule has 4 rings (SSSR count). The number of halogens is 1. The molecule has 16 heavy (non-hydrogen) atoms. The third-order valence-corrected chi connectivity index (χ3v) is 5.55. The molecule has 3 aliphatic carbocycles. The van der Waals surface area contributed by atoms with Gasteiger partial charge in [0, 0.05) is 0 Å². The summed E-state index contributed by atoms with van der Waals surface area (Å²) >= 11 is 6.09. The zero-order valence-electron chi connectivity index (χ0n) is 10.5. The predicted octanol–water partition coefficient (Wildman–Crippen LogP) is 2.88. The molecule has 2 bridgehead atoms. The van der Waals surface area contributed by atoms with E-state index in [1.165, 1.54) is 6.42 Å². The van der Waals surface area contributed by atoms with Crippen LogP contribution in [0.15, 0.2) is 0 Å². The van der Waals surface area contributed by atoms with Gasteiger partial charge in [0.15, 0.2) is 0 Å². The van der Waals surface area contributed by atoms with Crippen molar-refractivity contribution in [2.75, 3.05) is 0 Å². The van der Waals surface area contributed by atoms with Crippen molar-refractivity contribution in [1.82, 2.24) is 0 Å². The molecule has 4 fully saturated rings. The van der Waals surface area contributed by atoms with E-state index in [2.05, 4.69) is 20.8 Å². The van der Waals surface area contributed by atoms with Gasteiger partial charge in [-0.25, -0.2) is 0 Å².